The van der Waals surface area contributed by atoms with Gasteiger partial charge in [-0.1, -0.05) is 5.16 Å². The summed E-state index contributed by atoms with van der Waals surface area (Å²) in [5.41, 5.74) is 0.908. The number of rotatable bonds is 3. The van der Waals surface area contributed by atoms with Crippen LogP contribution in [0.4, 0.5) is 0 Å². The van der Waals surface area contributed by atoms with E-state index in [-0.39, 0.29) is 12.5 Å². The summed E-state index contributed by atoms with van der Waals surface area (Å²) in [4.78, 5) is 24.2. The minimum atomic E-state index is -0.470. The molecule has 0 unspecified atom stereocenters. The first-order chi connectivity index (χ1) is 7.47. The maximum absolute atomic E-state index is 11.9. The predicted octanol–water partition coefficient (Wildman–Crippen LogP) is 0.536. The molecule has 0 N–H and O–H groups in total. The van der Waals surface area contributed by atoms with Crippen molar-refractivity contribution < 1.29 is 18.8 Å². The normalized spacial score (nSPS) is 10.0. The Labute approximate surface area is 93.1 Å². The van der Waals surface area contributed by atoms with Gasteiger partial charge in [0.1, 0.15) is 17.9 Å². The number of nitrogens with zero attached hydrogens (tertiary/aromatic N) is 2. The Bertz CT molecular complexity index is 391. The van der Waals surface area contributed by atoms with Crippen LogP contribution in [0.5, 0.6) is 0 Å². The van der Waals surface area contributed by atoms with Gasteiger partial charge in [0.05, 0.1) is 12.8 Å². The molecule has 6 heteroatoms. The number of hydrogen-bond donors (Lipinski definition) is 0. The van der Waals surface area contributed by atoms with Crippen LogP contribution < -0.4 is 0 Å². The average Bonchev–Trinajstić information content (AvgIpc) is 2.57. The molecule has 0 aromatic carbocycles. The van der Waals surface area contributed by atoms with Gasteiger partial charge in [-0.05, 0) is 13.8 Å². The van der Waals surface area contributed by atoms with Crippen molar-refractivity contribution >= 4 is 11.9 Å². The van der Waals surface area contributed by atoms with Crippen molar-refractivity contribution in [3.63, 3.8) is 0 Å². The zero-order valence-electron chi connectivity index (χ0n) is 9.73. The Morgan fingerprint density at radius 3 is 2.50 bits per heavy atom. The van der Waals surface area contributed by atoms with Crippen LogP contribution >= 0.6 is 0 Å². The summed E-state index contributed by atoms with van der Waals surface area (Å²) in [6, 6.07) is 0. The highest BCUT2D eigenvalue weighted by Gasteiger charge is 2.22. The molecule has 1 rings (SSSR count). The van der Waals surface area contributed by atoms with E-state index in [1.807, 2.05) is 0 Å². The van der Waals surface area contributed by atoms with Crippen molar-refractivity contribution in [3.05, 3.63) is 17.0 Å². The molecular formula is C10H14N2O4. The van der Waals surface area contributed by atoms with Gasteiger partial charge in [0, 0.05) is 7.05 Å². The Morgan fingerprint density at radius 1 is 1.44 bits per heavy atom. The number of ether oxygens (including phenoxy) is 1. The summed E-state index contributed by atoms with van der Waals surface area (Å²) in [5.74, 6) is -0.330. The van der Waals surface area contributed by atoms with E-state index in [4.69, 9.17) is 4.52 Å². The van der Waals surface area contributed by atoms with Crippen LogP contribution in [0.3, 0.4) is 0 Å². The summed E-state index contributed by atoms with van der Waals surface area (Å²) in [6.45, 7) is 3.23. The molecule has 0 bridgehead atoms. The lowest BCUT2D eigenvalue weighted by molar-refractivity contribution is -0.141. The first-order valence-electron chi connectivity index (χ1n) is 4.72. The van der Waals surface area contributed by atoms with Crippen molar-refractivity contribution in [2.24, 2.45) is 0 Å². The smallest absolute Gasteiger partial charge is 0.325 e. The van der Waals surface area contributed by atoms with Gasteiger partial charge in [0.2, 0.25) is 0 Å². The summed E-state index contributed by atoms with van der Waals surface area (Å²) >= 11 is 0. The number of aromatic nitrogens is 1. The molecule has 16 heavy (non-hydrogen) atoms. The second-order valence-corrected chi connectivity index (χ2v) is 3.44. The third kappa shape index (κ3) is 2.39. The molecule has 88 valence electrons. The average molecular weight is 226 g/mol. The van der Waals surface area contributed by atoms with Crippen LogP contribution in [-0.4, -0.2) is 42.6 Å². The SMILES string of the molecule is COC(=O)CN(C)C(=O)c1c(C)noc1C. The molecule has 0 atom stereocenters. The Balaban J connectivity index is 2.82. The second-order valence-electron chi connectivity index (χ2n) is 3.44. The number of carbonyl (C=O) groups is 2. The maximum Gasteiger partial charge on any atom is 0.325 e. The van der Waals surface area contributed by atoms with E-state index in [2.05, 4.69) is 9.89 Å². The van der Waals surface area contributed by atoms with E-state index in [0.29, 0.717) is 17.0 Å². The highest BCUT2D eigenvalue weighted by atomic mass is 16.5. The van der Waals surface area contributed by atoms with E-state index in [0.717, 1.165) is 0 Å². The van der Waals surface area contributed by atoms with Crippen LogP contribution in [0.25, 0.3) is 0 Å². The number of likely N-dealkylation sites (N-methyl/N-ethyl adjacent to an activating group) is 1. The van der Waals surface area contributed by atoms with Crippen molar-refractivity contribution in [1.29, 1.82) is 0 Å². The Hall–Kier alpha value is -1.85. The molecule has 0 saturated heterocycles. The fraction of sp³-hybridized carbons (Fsp3) is 0.500. The number of aryl methyl sites for hydroxylation is 2. The first kappa shape index (κ1) is 12.2. The molecule has 6 nitrogen and oxygen atoms in total. The molecule has 0 fully saturated rings. The third-order valence-corrected chi connectivity index (χ3v) is 2.19. The summed E-state index contributed by atoms with van der Waals surface area (Å²) in [6.07, 6.45) is 0. The summed E-state index contributed by atoms with van der Waals surface area (Å²) in [7, 11) is 2.79. The minimum Gasteiger partial charge on any atom is -0.468 e. The quantitative estimate of drug-likeness (QED) is 0.703. The van der Waals surface area contributed by atoms with E-state index < -0.39 is 5.97 Å². The molecular weight excluding hydrogens is 212 g/mol. The standard InChI is InChI=1S/C10H14N2O4/c1-6-9(7(2)16-11-6)10(14)12(3)5-8(13)15-4/h5H2,1-4H3. The van der Waals surface area contributed by atoms with Gasteiger partial charge in [-0.15, -0.1) is 0 Å². The van der Waals surface area contributed by atoms with Crippen molar-refractivity contribution in [2.45, 2.75) is 13.8 Å². The van der Waals surface area contributed by atoms with Gasteiger partial charge in [0.15, 0.2) is 0 Å². The summed E-state index contributed by atoms with van der Waals surface area (Å²) < 4.78 is 9.36. The second kappa shape index (κ2) is 4.78. The van der Waals surface area contributed by atoms with E-state index >= 15 is 0 Å². The van der Waals surface area contributed by atoms with Gasteiger partial charge in [-0.2, -0.15) is 0 Å². The van der Waals surface area contributed by atoms with Crippen LogP contribution in [0.15, 0.2) is 4.52 Å². The molecule has 1 aromatic heterocycles. The molecule has 0 radical (unpaired) electrons. The topological polar surface area (TPSA) is 72.6 Å². The van der Waals surface area contributed by atoms with Crippen LogP contribution in [0.1, 0.15) is 21.8 Å². The number of esters is 1. The first-order valence-corrected chi connectivity index (χ1v) is 4.72. The molecule has 0 aliphatic heterocycles. The largest absolute Gasteiger partial charge is 0.468 e. The Kier molecular flexibility index (Phi) is 3.65. The molecule has 1 aromatic rings. The van der Waals surface area contributed by atoms with Crippen molar-refractivity contribution in [2.75, 3.05) is 20.7 Å². The number of hydrogen-bond acceptors (Lipinski definition) is 5. The van der Waals surface area contributed by atoms with E-state index in [1.165, 1.54) is 19.1 Å². The number of methoxy groups -OCH3 is 1. The fourth-order valence-electron chi connectivity index (χ4n) is 1.31. The maximum atomic E-state index is 11.9. The van der Waals surface area contributed by atoms with Gasteiger partial charge in [-0.25, -0.2) is 0 Å². The molecule has 1 amide bonds. The van der Waals surface area contributed by atoms with Gasteiger partial charge >= 0.3 is 5.97 Å². The lowest BCUT2D eigenvalue weighted by Crippen LogP contribution is -2.33. The molecule has 1 heterocycles. The monoisotopic (exact) mass is 226 g/mol. The number of carbonyl (C=O) groups excluding carboxylic acids is 2. The van der Waals surface area contributed by atoms with Gasteiger partial charge < -0.3 is 14.2 Å². The molecule has 0 aliphatic rings. The fourth-order valence-corrected chi connectivity index (χ4v) is 1.31. The van der Waals surface area contributed by atoms with Crippen molar-refractivity contribution in [3.8, 4) is 0 Å². The van der Waals surface area contributed by atoms with Crippen LogP contribution in [0.2, 0.25) is 0 Å². The zero-order valence-corrected chi connectivity index (χ0v) is 9.73. The van der Waals surface area contributed by atoms with Gasteiger partial charge in [-0.3, -0.25) is 9.59 Å². The minimum absolute atomic E-state index is 0.0978. The Morgan fingerprint density at radius 2 is 2.06 bits per heavy atom. The van der Waals surface area contributed by atoms with Crippen LogP contribution in [-0.2, 0) is 9.53 Å². The van der Waals surface area contributed by atoms with E-state index in [9.17, 15) is 9.59 Å². The lowest BCUT2D eigenvalue weighted by Gasteiger charge is -2.14. The van der Waals surface area contributed by atoms with Crippen LogP contribution in [0, 0.1) is 13.8 Å². The van der Waals surface area contributed by atoms with E-state index in [1.54, 1.807) is 13.8 Å². The predicted molar refractivity (Wildman–Crippen MR) is 55.0 cm³/mol. The molecule has 0 spiro atoms. The highest BCUT2D eigenvalue weighted by molar-refractivity contribution is 5.97. The lowest BCUT2D eigenvalue weighted by atomic mass is 10.2. The zero-order chi connectivity index (χ0) is 12.3. The highest BCUT2D eigenvalue weighted by Crippen LogP contribution is 2.14. The molecule has 0 saturated carbocycles. The number of amides is 1. The molecule has 0 aliphatic carbocycles. The van der Waals surface area contributed by atoms with Gasteiger partial charge in [0.25, 0.3) is 5.91 Å². The van der Waals surface area contributed by atoms with Crippen molar-refractivity contribution in [1.82, 2.24) is 10.1 Å². The summed E-state index contributed by atoms with van der Waals surface area (Å²) in [5, 5.41) is 3.68. The third-order valence-electron chi connectivity index (χ3n) is 2.19.